The van der Waals surface area contributed by atoms with Crippen molar-refractivity contribution in [3.05, 3.63) is 33.9 Å². The summed E-state index contributed by atoms with van der Waals surface area (Å²) in [6.07, 6.45) is -2.53. The van der Waals surface area contributed by atoms with Crippen LogP contribution in [0.25, 0.3) is 10.9 Å². The summed E-state index contributed by atoms with van der Waals surface area (Å²) in [5.41, 5.74) is 6.79. The minimum absolute atomic E-state index is 0.0102. The van der Waals surface area contributed by atoms with Gasteiger partial charge in [-0.1, -0.05) is 36.7 Å². The van der Waals surface area contributed by atoms with E-state index in [0.29, 0.717) is 11.9 Å². The van der Waals surface area contributed by atoms with Crippen LogP contribution < -0.4 is 5.73 Å². The summed E-state index contributed by atoms with van der Waals surface area (Å²) in [6.45, 7) is 8.75. The van der Waals surface area contributed by atoms with E-state index in [1.165, 1.54) is 12.1 Å². The largest absolute Gasteiger partial charge is 0.417 e. The zero-order chi connectivity index (χ0) is 16.9. The topological polar surface area (TPSA) is 30.9 Å². The normalized spacial score (nSPS) is 14.6. The zero-order valence-corrected chi connectivity index (χ0v) is 14.6. The number of hydrogen-bond acceptors (Lipinski definition) is 1. The van der Waals surface area contributed by atoms with E-state index in [4.69, 9.17) is 5.73 Å². The molecule has 0 aliphatic carbocycles. The van der Waals surface area contributed by atoms with E-state index >= 15 is 0 Å². The number of hydrogen-bond donors (Lipinski definition) is 1. The molecule has 2 nitrogen and oxygen atoms in total. The van der Waals surface area contributed by atoms with Gasteiger partial charge < -0.3 is 10.3 Å². The molecule has 0 unspecified atom stereocenters. The molecule has 1 heterocycles. The Balaban J connectivity index is 2.74. The summed E-state index contributed by atoms with van der Waals surface area (Å²) in [5.74, 6) is 0. The number of fused-ring (bicyclic) bond motifs is 1. The van der Waals surface area contributed by atoms with Crippen molar-refractivity contribution in [3.63, 3.8) is 0 Å². The van der Waals surface area contributed by atoms with E-state index in [9.17, 15) is 13.2 Å². The lowest BCUT2D eigenvalue weighted by atomic mass is 9.97. The molecule has 1 atom stereocenters. The predicted octanol–water partition coefficient (Wildman–Crippen LogP) is 5.49. The van der Waals surface area contributed by atoms with Crippen LogP contribution in [0.3, 0.4) is 0 Å². The van der Waals surface area contributed by atoms with Gasteiger partial charge in [0.1, 0.15) is 0 Å². The van der Waals surface area contributed by atoms with Crippen molar-refractivity contribution in [2.24, 2.45) is 11.1 Å². The first-order chi connectivity index (χ1) is 9.90. The van der Waals surface area contributed by atoms with Crippen molar-refractivity contribution in [1.29, 1.82) is 0 Å². The molecular weight excluding hydrogens is 357 g/mol. The molecule has 1 aromatic heterocycles. The highest BCUT2D eigenvalue weighted by atomic mass is 79.9. The summed E-state index contributed by atoms with van der Waals surface area (Å²) in [4.78, 5) is 0. The van der Waals surface area contributed by atoms with Gasteiger partial charge in [0.2, 0.25) is 0 Å². The zero-order valence-electron chi connectivity index (χ0n) is 13.1. The second-order valence-electron chi connectivity index (χ2n) is 6.91. The molecule has 0 aliphatic heterocycles. The van der Waals surface area contributed by atoms with Crippen LogP contribution >= 0.6 is 15.9 Å². The molecule has 2 rings (SSSR count). The van der Waals surface area contributed by atoms with Gasteiger partial charge in [0.25, 0.3) is 0 Å². The maximum absolute atomic E-state index is 13.1. The quantitative estimate of drug-likeness (QED) is 0.737. The molecule has 0 spiro atoms. The Morgan fingerprint density at radius 1 is 1.23 bits per heavy atom. The fourth-order valence-corrected chi connectivity index (χ4v) is 3.12. The molecule has 1 aromatic carbocycles. The minimum Gasteiger partial charge on any atom is -0.347 e. The molecule has 122 valence electrons. The highest BCUT2D eigenvalue weighted by Gasteiger charge is 2.34. The lowest BCUT2D eigenvalue weighted by Crippen LogP contribution is -2.15. The monoisotopic (exact) mass is 376 g/mol. The fraction of sp³-hybridized carbons (Fsp3) is 0.500. The van der Waals surface area contributed by atoms with Crippen LogP contribution in [0.5, 0.6) is 0 Å². The van der Waals surface area contributed by atoms with E-state index in [0.717, 1.165) is 11.1 Å². The molecule has 22 heavy (non-hydrogen) atoms. The van der Waals surface area contributed by atoms with Crippen molar-refractivity contribution >= 4 is 26.8 Å². The van der Waals surface area contributed by atoms with Crippen LogP contribution in [0.1, 0.15) is 44.9 Å². The van der Waals surface area contributed by atoms with Crippen molar-refractivity contribution < 1.29 is 13.2 Å². The molecule has 6 heteroatoms. The van der Waals surface area contributed by atoms with Crippen molar-refractivity contribution in [2.45, 2.75) is 46.5 Å². The lowest BCUT2D eigenvalue weighted by molar-refractivity contribution is -0.138. The van der Waals surface area contributed by atoms with Gasteiger partial charge in [-0.3, -0.25) is 0 Å². The van der Waals surface area contributed by atoms with Crippen molar-refractivity contribution in [2.75, 3.05) is 0 Å². The van der Waals surface area contributed by atoms with Crippen LogP contribution in [0.15, 0.2) is 22.8 Å². The first kappa shape index (κ1) is 17.3. The molecule has 0 saturated heterocycles. The second kappa shape index (κ2) is 5.57. The van der Waals surface area contributed by atoms with Crippen LogP contribution in [0, 0.1) is 5.41 Å². The van der Waals surface area contributed by atoms with Gasteiger partial charge in [-0.2, -0.15) is 13.2 Å². The fourth-order valence-electron chi connectivity index (χ4n) is 2.56. The summed E-state index contributed by atoms with van der Waals surface area (Å²) >= 11 is 3.05. The standard InChI is InChI=1S/C16H20BrF3N2/c1-9(21)11-7-22(8-15(2,3)4)14-6-13(17)12(5-10(11)14)16(18,19)20/h5-7,9H,8,21H2,1-4H3/t9-/m1/s1. The van der Waals surface area contributed by atoms with E-state index in [1.807, 2.05) is 10.8 Å². The number of aromatic nitrogens is 1. The van der Waals surface area contributed by atoms with E-state index in [2.05, 4.69) is 36.7 Å². The molecule has 2 N–H and O–H groups in total. The first-order valence-corrected chi connectivity index (χ1v) is 7.84. The molecule has 0 fully saturated rings. The van der Waals surface area contributed by atoms with E-state index in [1.54, 1.807) is 6.92 Å². The Labute approximate surface area is 136 Å². The highest BCUT2D eigenvalue weighted by molar-refractivity contribution is 9.10. The Hall–Kier alpha value is -1.01. The lowest BCUT2D eigenvalue weighted by Gasteiger charge is -2.20. The predicted molar refractivity (Wildman–Crippen MR) is 86.7 cm³/mol. The molecule has 0 radical (unpaired) electrons. The summed E-state index contributed by atoms with van der Waals surface area (Å²) in [7, 11) is 0. The number of rotatable bonds is 2. The number of halogens is 4. The third kappa shape index (κ3) is 3.49. The SMILES string of the molecule is C[C@@H](N)c1cn(CC(C)(C)C)c2cc(Br)c(C(F)(F)F)cc12. The van der Waals surface area contributed by atoms with Gasteiger partial charge in [0.05, 0.1) is 5.56 Å². The molecule has 0 amide bonds. The maximum Gasteiger partial charge on any atom is 0.417 e. The maximum atomic E-state index is 13.1. The molecule has 0 aliphatic rings. The van der Waals surface area contributed by atoms with Gasteiger partial charge in [-0.05, 0) is 30.0 Å². The van der Waals surface area contributed by atoms with E-state index < -0.39 is 11.7 Å². The average Bonchev–Trinajstić information content (AvgIpc) is 2.63. The van der Waals surface area contributed by atoms with Gasteiger partial charge in [-0.25, -0.2) is 0 Å². The molecule has 0 bridgehead atoms. The Morgan fingerprint density at radius 2 is 1.82 bits per heavy atom. The van der Waals surface area contributed by atoms with E-state index in [-0.39, 0.29) is 15.9 Å². The first-order valence-electron chi connectivity index (χ1n) is 7.05. The smallest absolute Gasteiger partial charge is 0.347 e. The van der Waals surface area contributed by atoms with Gasteiger partial charge in [0.15, 0.2) is 0 Å². The van der Waals surface area contributed by atoms with Gasteiger partial charge in [0, 0.05) is 34.2 Å². The molecule has 2 aromatic rings. The minimum atomic E-state index is -4.39. The second-order valence-corrected chi connectivity index (χ2v) is 7.76. The summed E-state index contributed by atoms with van der Waals surface area (Å²) in [6, 6.07) is 2.40. The number of alkyl halides is 3. The number of nitrogens with two attached hydrogens (primary N) is 1. The van der Waals surface area contributed by atoms with Crippen molar-refractivity contribution in [1.82, 2.24) is 4.57 Å². The Kier molecular flexibility index (Phi) is 4.39. The average molecular weight is 377 g/mol. The summed E-state index contributed by atoms with van der Waals surface area (Å²) in [5, 5.41) is 0.565. The summed E-state index contributed by atoms with van der Waals surface area (Å²) < 4.78 is 41.4. The third-order valence-corrected chi connectivity index (χ3v) is 4.10. The molecule has 0 saturated carbocycles. The highest BCUT2D eigenvalue weighted by Crippen LogP contribution is 2.39. The number of benzene rings is 1. The Bertz CT molecular complexity index is 694. The van der Waals surface area contributed by atoms with Gasteiger partial charge >= 0.3 is 6.18 Å². The van der Waals surface area contributed by atoms with Crippen LogP contribution in [-0.2, 0) is 12.7 Å². The van der Waals surface area contributed by atoms with Crippen LogP contribution in [0.2, 0.25) is 0 Å². The van der Waals surface area contributed by atoms with Crippen molar-refractivity contribution in [3.8, 4) is 0 Å². The number of nitrogens with zero attached hydrogens (tertiary/aromatic N) is 1. The third-order valence-electron chi connectivity index (χ3n) is 3.44. The Morgan fingerprint density at radius 3 is 2.27 bits per heavy atom. The molecular formula is C16H20BrF3N2. The van der Waals surface area contributed by atoms with Crippen LogP contribution in [-0.4, -0.2) is 4.57 Å². The van der Waals surface area contributed by atoms with Crippen LogP contribution in [0.4, 0.5) is 13.2 Å². The van der Waals surface area contributed by atoms with Gasteiger partial charge in [-0.15, -0.1) is 0 Å².